The van der Waals surface area contributed by atoms with Crippen LogP contribution in [-0.2, 0) is 9.59 Å². The molecule has 0 atom stereocenters. The molecule has 7 nitrogen and oxygen atoms in total. The largest absolute Gasteiger partial charge is 0.353 e. The van der Waals surface area contributed by atoms with E-state index in [0.29, 0.717) is 0 Å². The predicted octanol–water partition coefficient (Wildman–Crippen LogP) is 3.20. The molecule has 180 valence electrons. The van der Waals surface area contributed by atoms with Gasteiger partial charge in [0.2, 0.25) is 11.8 Å². The number of hydrogen-bond acceptors (Lipinski definition) is 5. The molecular weight excluding hydrogens is 443 g/mol. The molecule has 0 heterocycles. The fourth-order valence-electron chi connectivity index (χ4n) is 2.50. The third-order valence-electron chi connectivity index (χ3n) is 3.85. The molecule has 33 heavy (non-hydrogen) atoms. The molecule has 2 rings (SSSR count). The molecule has 0 saturated heterocycles. The van der Waals surface area contributed by atoms with Crippen LogP contribution in [-0.4, -0.2) is 42.9 Å². The van der Waals surface area contributed by atoms with Gasteiger partial charge in [0.25, 0.3) is 5.91 Å². The van der Waals surface area contributed by atoms with E-state index in [1.54, 1.807) is 6.07 Å². The lowest BCUT2D eigenvalue weighted by Crippen LogP contribution is -2.38. The summed E-state index contributed by atoms with van der Waals surface area (Å²) in [6.45, 7) is 10.0. The summed E-state index contributed by atoms with van der Waals surface area (Å²) in [5.41, 5.74) is 1.09. The molecule has 2 aromatic carbocycles. The average molecular weight is 477 g/mol. The number of halogens is 1. The van der Waals surface area contributed by atoms with Gasteiger partial charge in [-0.1, -0.05) is 29.8 Å². The van der Waals surface area contributed by atoms with Crippen molar-refractivity contribution in [2.24, 2.45) is 0 Å². The first-order chi connectivity index (χ1) is 15.5. The van der Waals surface area contributed by atoms with Gasteiger partial charge in [0, 0.05) is 30.4 Å². The normalized spacial score (nSPS) is 10.5. The lowest BCUT2D eigenvalue weighted by atomic mass is 10.1. The van der Waals surface area contributed by atoms with Gasteiger partial charge in [0.1, 0.15) is 5.82 Å². The van der Waals surface area contributed by atoms with Crippen LogP contribution in [0.1, 0.15) is 43.6 Å². The summed E-state index contributed by atoms with van der Waals surface area (Å²) >= 11 is 1.38. The zero-order valence-corrected chi connectivity index (χ0v) is 20.6. The zero-order chi connectivity index (χ0) is 24.9. The first-order valence-electron chi connectivity index (χ1n) is 10.5. The Kier molecular flexibility index (Phi) is 12.2. The topological polar surface area (TPSA) is 99.3 Å². The molecule has 0 fully saturated rings. The average Bonchev–Trinajstić information content (AvgIpc) is 2.71. The van der Waals surface area contributed by atoms with E-state index >= 15 is 0 Å². The lowest BCUT2D eigenvalue weighted by molar-refractivity contribution is -0.121. The van der Waals surface area contributed by atoms with Crippen LogP contribution < -0.4 is 20.7 Å². The lowest BCUT2D eigenvalue weighted by Gasteiger charge is -2.18. The van der Waals surface area contributed by atoms with E-state index < -0.39 is 11.7 Å². The highest BCUT2D eigenvalue weighted by atomic mass is 32.2. The number of nitrogens with one attached hydrogen (secondary N) is 4. The molecule has 0 aliphatic heterocycles. The summed E-state index contributed by atoms with van der Waals surface area (Å²) in [4.78, 5) is 34.9. The van der Waals surface area contributed by atoms with Crippen LogP contribution in [0.4, 0.5) is 4.39 Å². The fourth-order valence-corrected chi connectivity index (χ4v) is 3.14. The van der Waals surface area contributed by atoms with Crippen LogP contribution in [0.5, 0.6) is 0 Å². The van der Waals surface area contributed by atoms with Crippen molar-refractivity contribution in [3.63, 3.8) is 0 Å². The van der Waals surface area contributed by atoms with Gasteiger partial charge < -0.3 is 16.0 Å². The molecule has 2 aromatic rings. The maximum absolute atomic E-state index is 13.4. The van der Waals surface area contributed by atoms with Gasteiger partial charge in [-0.3, -0.25) is 19.1 Å². The molecule has 0 aromatic heterocycles. The number of aryl methyl sites for hydroxylation is 1. The Hall–Kier alpha value is -2.91. The minimum absolute atomic E-state index is 0.00927. The van der Waals surface area contributed by atoms with Crippen molar-refractivity contribution in [3.8, 4) is 0 Å². The van der Waals surface area contributed by atoms with Crippen molar-refractivity contribution in [2.75, 3.05) is 19.6 Å². The molecule has 0 radical (unpaired) electrons. The predicted molar refractivity (Wildman–Crippen MR) is 130 cm³/mol. The summed E-state index contributed by atoms with van der Waals surface area (Å²) < 4.78 is 16.4. The van der Waals surface area contributed by atoms with Gasteiger partial charge in [-0.25, -0.2) is 4.39 Å². The molecule has 9 heteroatoms. The second-order valence-electron chi connectivity index (χ2n) is 8.25. The van der Waals surface area contributed by atoms with Crippen LogP contribution in [0, 0.1) is 12.7 Å². The fraction of sp³-hybridized carbons (Fsp3) is 0.375. The van der Waals surface area contributed by atoms with Crippen molar-refractivity contribution < 1.29 is 18.8 Å². The summed E-state index contributed by atoms with van der Waals surface area (Å²) in [6, 6.07) is 13.7. The van der Waals surface area contributed by atoms with E-state index in [0.717, 1.165) is 4.90 Å². The summed E-state index contributed by atoms with van der Waals surface area (Å²) in [7, 11) is 0. The summed E-state index contributed by atoms with van der Waals surface area (Å²) in [6.07, 6.45) is 0. The molecule has 0 unspecified atom stereocenters. The monoisotopic (exact) mass is 476 g/mol. The van der Waals surface area contributed by atoms with Gasteiger partial charge in [-0.15, -0.1) is 0 Å². The molecule has 3 amide bonds. The van der Waals surface area contributed by atoms with Crippen molar-refractivity contribution in [1.82, 2.24) is 20.7 Å². The second-order valence-corrected chi connectivity index (χ2v) is 9.22. The van der Waals surface area contributed by atoms with Gasteiger partial charge in [0.15, 0.2) is 0 Å². The third-order valence-corrected chi connectivity index (χ3v) is 4.64. The van der Waals surface area contributed by atoms with Gasteiger partial charge in [-0.2, -0.15) is 0 Å². The van der Waals surface area contributed by atoms with Gasteiger partial charge in [0.05, 0.1) is 12.1 Å². The van der Waals surface area contributed by atoms with E-state index in [1.165, 1.54) is 42.6 Å². The second kappa shape index (κ2) is 14.3. The SMILES string of the molecule is CC(=O)NC(C)(C)C.Cc1ccc(SNCC(=O)NCCNC(=O)c2ccccc2F)cc1. The number of hydrogen-bond donors (Lipinski definition) is 4. The van der Waals surface area contributed by atoms with Crippen molar-refractivity contribution in [3.05, 3.63) is 65.5 Å². The number of carbonyl (C=O) groups excluding carboxylic acids is 3. The molecular formula is C24H33FN4O3S. The van der Waals surface area contributed by atoms with Crippen LogP contribution in [0.2, 0.25) is 0 Å². The van der Waals surface area contributed by atoms with E-state index in [1.807, 2.05) is 52.0 Å². The minimum Gasteiger partial charge on any atom is -0.353 e. The van der Waals surface area contributed by atoms with E-state index in [9.17, 15) is 18.8 Å². The minimum atomic E-state index is -0.568. The Bertz CT molecular complexity index is 915. The summed E-state index contributed by atoms with van der Waals surface area (Å²) in [5, 5.41) is 7.98. The number of carbonyl (C=O) groups is 3. The van der Waals surface area contributed by atoms with Crippen molar-refractivity contribution >= 4 is 29.7 Å². The smallest absolute Gasteiger partial charge is 0.254 e. The van der Waals surface area contributed by atoms with Crippen molar-refractivity contribution in [2.45, 2.75) is 45.1 Å². The zero-order valence-electron chi connectivity index (χ0n) is 19.8. The third kappa shape index (κ3) is 13.3. The molecule has 0 saturated carbocycles. The van der Waals surface area contributed by atoms with Crippen LogP contribution in [0.15, 0.2) is 53.4 Å². The Balaban J connectivity index is 0.000000582. The van der Waals surface area contributed by atoms with Crippen LogP contribution >= 0.6 is 11.9 Å². The number of benzene rings is 2. The molecule has 4 N–H and O–H groups in total. The Labute approximate surface area is 199 Å². The molecule has 0 aliphatic rings. The molecule has 0 bridgehead atoms. The van der Waals surface area contributed by atoms with Gasteiger partial charge in [-0.05, 0) is 63.9 Å². The first-order valence-corrected chi connectivity index (χ1v) is 11.3. The van der Waals surface area contributed by atoms with E-state index in [2.05, 4.69) is 20.7 Å². The van der Waals surface area contributed by atoms with E-state index in [-0.39, 0.29) is 42.6 Å². The highest BCUT2D eigenvalue weighted by Crippen LogP contribution is 2.14. The number of rotatable bonds is 8. The number of amides is 3. The standard InChI is InChI=1S/C18H20FN3O2S.C6H13NO/c1-13-6-8-14(9-7-13)25-22-12-17(23)20-10-11-21-18(24)15-4-2-3-5-16(15)19;1-5(8)7-6(2,3)4/h2-9,22H,10-12H2,1H3,(H,20,23)(H,21,24);1-4H3,(H,7,8). The molecule has 0 spiro atoms. The Morgan fingerprint density at radius 2 is 1.55 bits per heavy atom. The first kappa shape index (κ1) is 28.1. The van der Waals surface area contributed by atoms with Gasteiger partial charge >= 0.3 is 0 Å². The summed E-state index contributed by atoms with van der Waals surface area (Å²) in [5.74, 6) is -1.22. The molecule has 0 aliphatic carbocycles. The van der Waals surface area contributed by atoms with Crippen molar-refractivity contribution in [1.29, 1.82) is 0 Å². The highest BCUT2D eigenvalue weighted by Gasteiger charge is 2.10. The van der Waals surface area contributed by atoms with Crippen LogP contribution in [0.3, 0.4) is 0 Å². The van der Waals surface area contributed by atoms with Crippen LogP contribution in [0.25, 0.3) is 0 Å². The highest BCUT2D eigenvalue weighted by molar-refractivity contribution is 7.97. The maximum atomic E-state index is 13.4. The Morgan fingerprint density at radius 1 is 0.939 bits per heavy atom. The quantitative estimate of drug-likeness (QED) is 0.346. The van der Waals surface area contributed by atoms with E-state index in [4.69, 9.17) is 0 Å². The maximum Gasteiger partial charge on any atom is 0.254 e. The Morgan fingerprint density at radius 3 is 2.09 bits per heavy atom.